The first-order chi connectivity index (χ1) is 12.6. The van der Waals surface area contributed by atoms with E-state index in [-0.39, 0.29) is 12.0 Å². The molecule has 154 valence electrons. The van der Waals surface area contributed by atoms with Crippen LogP contribution in [0.3, 0.4) is 0 Å². The first kappa shape index (κ1) is 23.2. The van der Waals surface area contributed by atoms with Crippen LogP contribution in [0, 0.1) is 10.8 Å². The monoisotopic (exact) mass is 369 g/mol. The van der Waals surface area contributed by atoms with Gasteiger partial charge in [0.15, 0.2) is 5.96 Å². The number of ether oxygens (including phenoxy) is 1. The molecular formula is C21H43N3O2. The van der Waals surface area contributed by atoms with Gasteiger partial charge in [-0.2, -0.15) is 0 Å². The molecule has 0 unspecified atom stereocenters. The maximum atomic E-state index is 9.42. The van der Waals surface area contributed by atoms with Crippen molar-refractivity contribution in [2.75, 3.05) is 39.5 Å². The van der Waals surface area contributed by atoms with Gasteiger partial charge >= 0.3 is 0 Å². The van der Waals surface area contributed by atoms with Gasteiger partial charge in [0.05, 0.1) is 0 Å². The maximum absolute atomic E-state index is 9.42. The van der Waals surface area contributed by atoms with Gasteiger partial charge in [-0.25, -0.2) is 0 Å². The Morgan fingerprint density at radius 1 is 1.12 bits per heavy atom. The maximum Gasteiger partial charge on any atom is 0.191 e. The third-order valence-electron chi connectivity index (χ3n) is 6.33. The predicted octanol–water partition coefficient (Wildman–Crippen LogP) is 3.72. The summed E-state index contributed by atoms with van der Waals surface area (Å²) in [6.45, 7) is 13.1. The molecule has 0 bridgehead atoms. The summed E-state index contributed by atoms with van der Waals surface area (Å²) in [4.78, 5) is 4.89. The van der Waals surface area contributed by atoms with E-state index in [2.05, 4.69) is 38.3 Å². The summed E-state index contributed by atoms with van der Waals surface area (Å²) in [7, 11) is 0. The lowest BCUT2D eigenvalue weighted by Crippen LogP contribution is -2.44. The molecule has 0 radical (unpaired) electrons. The second kappa shape index (κ2) is 12.6. The molecule has 3 N–H and O–H groups in total. The zero-order chi connectivity index (χ0) is 19.3. The predicted molar refractivity (Wildman–Crippen MR) is 111 cm³/mol. The highest BCUT2D eigenvalue weighted by molar-refractivity contribution is 5.79. The summed E-state index contributed by atoms with van der Waals surface area (Å²) in [6, 6.07) is 0. The van der Waals surface area contributed by atoms with Gasteiger partial charge in [0.1, 0.15) is 0 Å². The minimum Gasteiger partial charge on any atom is -0.396 e. The van der Waals surface area contributed by atoms with Crippen molar-refractivity contribution in [3.05, 3.63) is 0 Å². The van der Waals surface area contributed by atoms with Crippen molar-refractivity contribution >= 4 is 5.96 Å². The Morgan fingerprint density at radius 3 is 2.35 bits per heavy atom. The van der Waals surface area contributed by atoms with Gasteiger partial charge in [-0.05, 0) is 63.2 Å². The van der Waals surface area contributed by atoms with Crippen LogP contribution in [0.5, 0.6) is 0 Å². The molecule has 0 aromatic heterocycles. The van der Waals surface area contributed by atoms with Crippen molar-refractivity contribution in [3.63, 3.8) is 0 Å². The molecule has 0 saturated heterocycles. The van der Waals surface area contributed by atoms with Gasteiger partial charge in [-0.15, -0.1) is 0 Å². The first-order valence-corrected chi connectivity index (χ1v) is 10.8. The fraction of sp³-hybridized carbons (Fsp3) is 0.952. The van der Waals surface area contributed by atoms with E-state index in [1.807, 2.05) is 0 Å². The Morgan fingerprint density at radius 2 is 1.81 bits per heavy atom. The molecule has 0 aromatic rings. The average molecular weight is 370 g/mol. The fourth-order valence-electron chi connectivity index (χ4n) is 4.08. The number of aliphatic hydroxyl groups is 1. The van der Waals surface area contributed by atoms with Crippen LogP contribution in [0.4, 0.5) is 0 Å². The summed E-state index contributed by atoms with van der Waals surface area (Å²) >= 11 is 0. The number of rotatable bonds is 13. The highest BCUT2D eigenvalue weighted by Gasteiger charge is 2.33. The number of aliphatic imine (C=N–C) groups is 1. The highest BCUT2D eigenvalue weighted by atomic mass is 16.5. The van der Waals surface area contributed by atoms with E-state index in [0.29, 0.717) is 5.41 Å². The second-order valence-corrected chi connectivity index (χ2v) is 7.88. The van der Waals surface area contributed by atoms with Gasteiger partial charge in [-0.3, -0.25) is 4.99 Å². The highest BCUT2D eigenvalue weighted by Crippen LogP contribution is 2.40. The number of hydrogen-bond acceptors (Lipinski definition) is 3. The molecular weight excluding hydrogens is 326 g/mol. The molecule has 1 aliphatic carbocycles. The summed E-state index contributed by atoms with van der Waals surface area (Å²) in [5, 5.41) is 16.4. The Labute approximate surface area is 161 Å². The topological polar surface area (TPSA) is 65.9 Å². The van der Waals surface area contributed by atoms with Crippen molar-refractivity contribution in [2.24, 2.45) is 15.8 Å². The summed E-state index contributed by atoms with van der Waals surface area (Å²) in [5.74, 6) is 0.916. The molecule has 0 aliphatic heterocycles. The zero-order valence-corrected chi connectivity index (χ0v) is 17.7. The SMILES string of the molecule is CCNC(=NCC(CC)(CC)CCO)NCC1(CCOCC)CCCC1. The number of guanidine groups is 1. The van der Waals surface area contributed by atoms with Crippen molar-refractivity contribution in [2.45, 2.75) is 79.1 Å². The molecule has 5 heteroatoms. The molecule has 0 atom stereocenters. The summed E-state index contributed by atoms with van der Waals surface area (Å²) < 4.78 is 5.63. The van der Waals surface area contributed by atoms with E-state index < -0.39 is 0 Å². The van der Waals surface area contributed by atoms with Gasteiger partial charge in [0.25, 0.3) is 0 Å². The van der Waals surface area contributed by atoms with Gasteiger partial charge in [0, 0.05) is 39.5 Å². The van der Waals surface area contributed by atoms with Crippen LogP contribution < -0.4 is 10.6 Å². The van der Waals surface area contributed by atoms with Crippen LogP contribution in [-0.4, -0.2) is 50.5 Å². The van der Waals surface area contributed by atoms with Crippen molar-refractivity contribution in [1.82, 2.24) is 10.6 Å². The lowest BCUT2D eigenvalue weighted by molar-refractivity contribution is 0.105. The van der Waals surface area contributed by atoms with Gasteiger partial charge < -0.3 is 20.5 Å². The van der Waals surface area contributed by atoms with Gasteiger partial charge in [0.2, 0.25) is 0 Å². The molecule has 0 aromatic carbocycles. The first-order valence-electron chi connectivity index (χ1n) is 10.8. The number of nitrogens with zero attached hydrogens (tertiary/aromatic N) is 1. The number of hydrogen-bond donors (Lipinski definition) is 3. The summed E-state index contributed by atoms with van der Waals surface area (Å²) in [6.07, 6.45) is 9.26. The lowest BCUT2D eigenvalue weighted by Gasteiger charge is -2.31. The van der Waals surface area contributed by atoms with Crippen LogP contribution in [0.1, 0.15) is 79.1 Å². The van der Waals surface area contributed by atoms with E-state index in [9.17, 15) is 5.11 Å². The smallest absolute Gasteiger partial charge is 0.191 e. The van der Waals surface area contributed by atoms with Crippen molar-refractivity contribution in [3.8, 4) is 0 Å². The average Bonchev–Trinajstić information content (AvgIpc) is 3.12. The Kier molecular flexibility index (Phi) is 11.2. The van der Waals surface area contributed by atoms with E-state index in [0.717, 1.165) is 64.5 Å². The number of nitrogens with one attached hydrogen (secondary N) is 2. The summed E-state index contributed by atoms with van der Waals surface area (Å²) in [5.41, 5.74) is 0.459. The van der Waals surface area contributed by atoms with Crippen LogP contribution >= 0.6 is 0 Å². The van der Waals surface area contributed by atoms with Crippen LogP contribution in [-0.2, 0) is 4.74 Å². The standard InChI is InChI=1S/C21H43N3O2/c1-5-20(6-2,13-15-25)17-23-19(22-7-3)24-18-21(11-9-10-12-21)14-16-26-8-4/h25H,5-18H2,1-4H3,(H2,22,23,24). The van der Waals surface area contributed by atoms with Gasteiger partial charge in [-0.1, -0.05) is 26.7 Å². The molecule has 26 heavy (non-hydrogen) atoms. The van der Waals surface area contributed by atoms with E-state index >= 15 is 0 Å². The Hall–Kier alpha value is -0.810. The third-order valence-corrected chi connectivity index (χ3v) is 6.33. The normalized spacial score (nSPS) is 17.5. The van der Waals surface area contributed by atoms with E-state index in [1.54, 1.807) is 0 Å². The van der Waals surface area contributed by atoms with E-state index in [1.165, 1.54) is 25.7 Å². The molecule has 0 spiro atoms. The third kappa shape index (κ3) is 7.43. The lowest BCUT2D eigenvalue weighted by atomic mass is 9.79. The molecule has 1 rings (SSSR count). The van der Waals surface area contributed by atoms with E-state index in [4.69, 9.17) is 9.73 Å². The molecule has 1 saturated carbocycles. The van der Waals surface area contributed by atoms with Crippen LogP contribution in [0.25, 0.3) is 0 Å². The van der Waals surface area contributed by atoms with Crippen molar-refractivity contribution < 1.29 is 9.84 Å². The fourth-order valence-corrected chi connectivity index (χ4v) is 4.08. The largest absolute Gasteiger partial charge is 0.396 e. The zero-order valence-electron chi connectivity index (χ0n) is 17.7. The quantitative estimate of drug-likeness (QED) is 0.263. The Balaban J connectivity index is 2.70. The molecule has 1 aliphatic rings. The van der Waals surface area contributed by atoms with Crippen LogP contribution in [0.15, 0.2) is 4.99 Å². The molecule has 0 heterocycles. The van der Waals surface area contributed by atoms with Crippen molar-refractivity contribution in [1.29, 1.82) is 0 Å². The molecule has 1 fully saturated rings. The minimum atomic E-state index is 0.108. The van der Waals surface area contributed by atoms with Crippen LogP contribution in [0.2, 0.25) is 0 Å². The Bertz CT molecular complexity index is 389. The number of aliphatic hydroxyl groups excluding tert-OH is 1. The second-order valence-electron chi connectivity index (χ2n) is 7.88. The minimum absolute atomic E-state index is 0.108. The molecule has 5 nitrogen and oxygen atoms in total. The molecule has 0 amide bonds.